The maximum atomic E-state index is 10.2. The predicted octanol–water partition coefficient (Wildman–Crippen LogP) is 2.39. The molecule has 0 saturated carbocycles. The first-order valence-corrected chi connectivity index (χ1v) is 12.8. The van der Waals surface area contributed by atoms with Crippen molar-refractivity contribution in [3.63, 3.8) is 0 Å². The molecule has 0 aliphatic carbocycles. The van der Waals surface area contributed by atoms with Crippen molar-refractivity contribution >= 4 is 34.0 Å². The lowest BCUT2D eigenvalue weighted by atomic mass is 10.0. The van der Waals surface area contributed by atoms with Crippen molar-refractivity contribution in [2.24, 2.45) is 0 Å². The summed E-state index contributed by atoms with van der Waals surface area (Å²) in [6.07, 6.45) is 4.86. The highest BCUT2D eigenvalue weighted by molar-refractivity contribution is 5.90. The summed E-state index contributed by atoms with van der Waals surface area (Å²) in [5.41, 5.74) is 3.13. The summed E-state index contributed by atoms with van der Waals surface area (Å²) in [6, 6.07) is 10.7. The molecule has 6 rings (SSSR count). The number of rotatable bonds is 6. The van der Waals surface area contributed by atoms with Gasteiger partial charge in [-0.15, -0.1) is 5.10 Å². The Morgan fingerprint density at radius 3 is 2.74 bits per heavy atom. The number of piperidine rings is 1. The van der Waals surface area contributed by atoms with Crippen LogP contribution in [0.5, 0.6) is 0 Å². The summed E-state index contributed by atoms with van der Waals surface area (Å²) < 4.78 is 9.12. The maximum Gasteiger partial charge on any atom is 0.247 e. The van der Waals surface area contributed by atoms with Crippen LogP contribution in [0.2, 0.25) is 0 Å². The smallest absolute Gasteiger partial charge is 0.247 e. The Balaban J connectivity index is 1.27. The van der Waals surface area contributed by atoms with Crippen molar-refractivity contribution in [2.75, 3.05) is 43.5 Å². The Morgan fingerprint density at radius 2 is 2.03 bits per heavy atom. The standard InChI is InChI=1S/C26H28N10O2/c1-2-29-24-25-30-12-19(11-28)36(25)33-26(32-24)31-17-3-4-21-20(9-17)16(10-27)13-35(21)18-5-7-34(8-6-18)22-14-38-15-23(22)37/h3-4,9,12-13,18,22-23,37H,2,5-8,14-15H2,1H3,(H2,29,31,32,33)/t22-,23-/m0/s1. The van der Waals surface area contributed by atoms with E-state index in [9.17, 15) is 15.6 Å². The zero-order valence-corrected chi connectivity index (χ0v) is 21.0. The first-order valence-electron chi connectivity index (χ1n) is 12.8. The van der Waals surface area contributed by atoms with Gasteiger partial charge in [0.15, 0.2) is 17.2 Å². The Bertz CT molecular complexity index is 1570. The van der Waals surface area contributed by atoms with Gasteiger partial charge in [0.05, 0.1) is 37.1 Å². The van der Waals surface area contributed by atoms with Crippen LogP contribution in [-0.2, 0) is 4.74 Å². The minimum Gasteiger partial charge on any atom is -0.389 e. The molecule has 2 fully saturated rings. The molecule has 3 N–H and O–H groups in total. The van der Waals surface area contributed by atoms with E-state index in [4.69, 9.17) is 4.74 Å². The topological polar surface area (TPSA) is 152 Å². The molecule has 12 heteroatoms. The second-order valence-electron chi connectivity index (χ2n) is 9.66. The summed E-state index contributed by atoms with van der Waals surface area (Å²) in [5.74, 6) is 0.838. The second-order valence-corrected chi connectivity index (χ2v) is 9.66. The van der Waals surface area contributed by atoms with E-state index in [0.29, 0.717) is 48.4 Å². The zero-order chi connectivity index (χ0) is 26.2. The van der Waals surface area contributed by atoms with Crippen LogP contribution in [-0.4, -0.2) is 79.1 Å². The molecule has 4 aromatic rings. The van der Waals surface area contributed by atoms with Gasteiger partial charge in [-0.3, -0.25) is 4.90 Å². The van der Waals surface area contributed by atoms with Crippen LogP contribution >= 0.6 is 0 Å². The number of anilines is 3. The minimum absolute atomic E-state index is 0.0710. The molecule has 2 atom stereocenters. The van der Waals surface area contributed by atoms with Crippen LogP contribution < -0.4 is 10.6 Å². The van der Waals surface area contributed by atoms with E-state index in [1.54, 1.807) is 0 Å². The summed E-state index contributed by atoms with van der Waals surface area (Å²) in [7, 11) is 0. The third-order valence-electron chi connectivity index (χ3n) is 7.41. The number of fused-ring (bicyclic) bond motifs is 2. The number of hydrogen-bond donors (Lipinski definition) is 3. The number of imidazole rings is 1. The van der Waals surface area contributed by atoms with Crippen molar-refractivity contribution in [3.8, 4) is 12.1 Å². The average molecular weight is 513 g/mol. The summed E-state index contributed by atoms with van der Waals surface area (Å²) in [4.78, 5) is 11.1. The minimum atomic E-state index is -0.422. The molecule has 38 heavy (non-hydrogen) atoms. The third kappa shape index (κ3) is 4.19. The fourth-order valence-corrected chi connectivity index (χ4v) is 5.53. The summed E-state index contributed by atoms with van der Waals surface area (Å²) >= 11 is 0. The highest BCUT2D eigenvalue weighted by Gasteiger charge is 2.34. The van der Waals surface area contributed by atoms with Crippen molar-refractivity contribution in [1.29, 1.82) is 10.5 Å². The number of nitrogens with one attached hydrogen (secondary N) is 2. The van der Waals surface area contributed by atoms with Gasteiger partial charge in [-0.1, -0.05) is 0 Å². The molecule has 194 valence electrons. The highest BCUT2D eigenvalue weighted by Crippen LogP contribution is 2.33. The van der Waals surface area contributed by atoms with Gasteiger partial charge >= 0.3 is 0 Å². The number of aromatic nitrogens is 5. The molecule has 0 unspecified atom stereocenters. The molecule has 5 heterocycles. The lowest BCUT2D eigenvalue weighted by Gasteiger charge is -2.37. The van der Waals surface area contributed by atoms with Gasteiger partial charge < -0.3 is 25.0 Å². The van der Waals surface area contributed by atoms with Gasteiger partial charge in [0.25, 0.3) is 0 Å². The summed E-state index contributed by atoms with van der Waals surface area (Å²) in [5, 5.41) is 41.2. The van der Waals surface area contributed by atoms with E-state index < -0.39 is 6.10 Å². The molecule has 2 aliphatic rings. The van der Waals surface area contributed by atoms with Gasteiger partial charge in [0.2, 0.25) is 5.95 Å². The normalized spacial score (nSPS) is 20.5. The number of likely N-dealkylation sites (tertiary alicyclic amines) is 1. The third-order valence-corrected chi connectivity index (χ3v) is 7.41. The molecular formula is C26H28N10O2. The Morgan fingerprint density at radius 1 is 1.18 bits per heavy atom. The van der Waals surface area contributed by atoms with Crippen molar-refractivity contribution in [1.82, 2.24) is 29.0 Å². The van der Waals surface area contributed by atoms with Gasteiger partial charge in [-0.25, -0.2) is 4.98 Å². The zero-order valence-electron chi connectivity index (χ0n) is 21.0. The maximum absolute atomic E-state index is 10.2. The van der Waals surface area contributed by atoms with Gasteiger partial charge in [-0.05, 0) is 38.0 Å². The molecule has 1 aromatic carbocycles. The number of aliphatic hydroxyl groups excluding tert-OH is 1. The fourth-order valence-electron chi connectivity index (χ4n) is 5.53. The van der Waals surface area contributed by atoms with Crippen LogP contribution in [0, 0.1) is 22.7 Å². The van der Waals surface area contributed by atoms with E-state index in [2.05, 4.69) is 47.3 Å². The number of nitrogens with zero attached hydrogens (tertiary/aromatic N) is 8. The van der Waals surface area contributed by atoms with Crippen molar-refractivity contribution in [3.05, 3.63) is 41.9 Å². The number of benzene rings is 1. The molecule has 0 radical (unpaired) electrons. The van der Waals surface area contributed by atoms with Gasteiger partial charge in [0.1, 0.15) is 12.1 Å². The SMILES string of the molecule is CCNc1nc(Nc2ccc3c(c2)c(C#N)cn3C2CCN([C@H]3COC[C@@H]3O)CC2)nn2c(C#N)cnc12. The molecular weight excluding hydrogens is 484 g/mol. The molecule has 3 aromatic heterocycles. The monoisotopic (exact) mass is 512 g/mol. The van der Waals surface area contributed by atoms with Crippen LogP contribution in [0.4, 0.5) is 17.5 Å². The van der Waals surface area contributed by atoms with Crippen LogP contribution in [0.3, 0.4) is 0 Å². The Labute approximate surface area is 219 Å². The Hall–Kier alpha value is -4.23. The van der Waals surface area contributed by atoms with Crippen LogP contribution in [0.25, 0.3) is 16.6 Å². The number of aliphatic hydroxyl groups is 1. The number of nitriles is 2. The largest absolute Gasteiger partial charge is 0.389 e. The highest BCUT2D eigenvalue weighted by atomic mass is 16.5. The quantitative estimate of drug-likeness (QED) is 0.351. The van der Waals surface area contributed by atoms with E-state index in [0.717, 1.165) is 42.5 Å². The van der Waals surface area contributed by atoms with Gasteiger partial charge in [0, 0.05) is 48.5 Å². The lowest BCUT2D eigenvalue weighted by Crippen LogP contribution is -2.47. The van der Waals surface area contributed by atoms with E-state index in [1.165, 1.54) is 10.7 Å². The molecule has 0 spiro atoms. The van der Waals surface area contributed by atoms with Crippen molar-refractivity contribution in [2.45, 2.75) is 38.0 Å². The van der Waals surface area contributed by atoms with Crippen LogP contribution in [0.1, 0.15) is 37.1 Å². The lowest BCUT2D eigenvalue weighted by molar-refractivity contribution is 0.0606. The second kappa shape index (κ2) is 9.91. The average Bonchev–Trinajstić information content (AvgIpc) is 3.65. The predicted molar refractivity (Wildman–Crippen MR) is 140 cm³/mol. The van der Waals surface area contributed by atoms with E-state index in [-0.39, 0.29) is 12.1 Å². The first kappa shape index (κ1) is 24.1. The number of hydrogen-bond acceptors (Lipinski definition) is 10. The fraction of sp³-hybridized carbons (Fsp3) is 0.423. The van der Waals surface area contributed by atoms with Crippen molar-refractivity contribution < 1.29 is 9.84 Å². The molecule has 2 saturated heterocycles. The van der Waals surface area contributed by atoms with Gasteiger partial charge in [-0.2, -0.15) is 20.0 Å². The van der Waals surface area contributed by atoms with E-state index in [1.807, 2.05) is 31.3 Å². The van der Waals surface area contributed by atoms with E-state index >= 15 is 0 Å². The summed E-state index contributed by atoms with van der Waals surface area (Å²) in [6.45, 7) is 5.34. The number of ether oxygens (including phenoxy) is 1. The molecule has 0 amide bonds. The molecule has 2 aliphatic heterocycles. The van der Waals surface area contributed by atoms with Crippen LogP contribution in [0.15, 0.2) is 30.6 Å². The molecule has 0 bridgehead atoms. The first-order chi connectivity index (χ1) is 18.6. The Kier molecular flexibility index (Phi) is 6.29. The molecule has 12 nitrogen and oxygen atoms in total.